The van der Waals surface area contributed by atoms with Gasteiger partial charge in [-0.15, -0.1) is 0 Å². The topological polar surface area (TPSA) is 50.3 Å². The number of nitrogens with one attached hydrogen (secondary N) is 1. The number of ether oxygens (including phenoxy) is 1. The summed E-state index contributed by atoms with van der Waals surface area (Å²) in [5.74, 6) is 3.50. The molecule has 1 N–H and O–H groups in total. The molecule has 1 fully saturated rings. The summed E-state index contributed by atoms with van der Waals surface area (Å²) in [4.78, 5) is 11.6. The van der Waals surface area contributed by atoms with Crippen molar-refractivity contribution in [3.63, 3.8) is 0 Å². The van der Waals surface area contributed by atoms with E-state index in [1.54, 1.807) is 7.11 Å². The lowest BCUT2D eigenvalue weighted by atomic mass is 9.99. The maximum absolute atomic E-state index is 5.30. The van der Waals surface area contributed by atoms with Gasteiger partial charge in [-0.1, -0.05) is 6.92 Å². The summed E-state index contributed by atoms with van der Waals surface area (Å²) in [7, 11) is 3.69. The van der Waals surface area contributed by atoms with Crippen molar-refractivity contribution in [2.75, 3.05) is 44.1 Å². The van der Waals surface area contributed by atoms with E-state index >= 15 is 0 Å². The molecule has 20 heavy (non-hydrogen) atoms. The number of nitrogens with zero attached hydrogens (tertiary/aromatic N) is 3. The van der Waals surface area contributed by atoms with Crippen molar-refractivity contribution < 1.29 is 4.74 Å². The van der Waals surface area contributed by atoms with Crippen LogP contribution in [0.3, 0.4) is 0 Å². The van der Waals surface area contributed by atoms with E-state index in [1.807, 2.05) is 13.1 Å². The van der Waals surface area contributed by atoms with Crippen LogP contribution in [0.1, 0.15) is 32.0 Å². The minimum Gasteiger partial charge on any atom is -0.384 e. The van der Waals surface area contributed by atoms with E-state index < -0.39 is 0 Å². The molecule has 2 heterocycles. The molecule has 1 aromatic rings. The average Bonchev–Trinajstić information content (AvgIpc) is 2.48. The zero-order chi connectivity index (χ0) is 14.4. The highest BCUT2D eigenvalue weighted by atomic mass is 16.5. The van der Waals surface area contributed by atoms with Crippen LogP contribution in [0.25, 0.3) is 0 Å². The molecule has 2 rings (SSSR count). The number of methoxy groups -OCH3 is 1. The standard InChI is InChI=1S/C15H26N4O/c1-4-6-13-17-14(16-2)9-15(18-13)19-8-5-7-12(10-19)11-20-3/h9,12H,4-8,10-11H2,1-3H3,(H,16,17,18). The van der Waals surface area contributed by atoms with E-state index in [4.69, 9.17) is 9.72 Å². The first-order valence-corrected chi connectivity index (χ1v) is 7.56. The van der Waals surface area contributed by atoms with Crippen molar-refractivity contribution in [1.82, 2.24) is 9.97 Å². The van der Waals surface area contributed by atoms with Gasteiger partial charge in [0.25, 0.3) is 0 Å². The number of hydrogen-bond acceptors (Lipinski definition) is 5. The number of aryl methyl sites for hydroxylation is 1. The van der Waals surface area contributed by atoms with Gasteiger partial charge in [0.2, 0.25) is 0 Å². The zero-order valence-corrected chi connectivity index (χ0v) is 12.9. The van der Waals surface area contributed by atoms with Crippen LogP contribution in [0.15, 0.2) is 6.07 Å². The van der Waals surface area contributed by atoms with Crippen LogP contribution in [-0.4, -0.2) is 43.8 Å². The first-order chi connectivity index (χ1) is 9.76. The second-order valence-electron chi connectivity index (χ2n) is 5.44. The Morgan fingerprint density at radius 3 is 3.00 bits per heavy atom. The third-order valence-corrected chi connectivity index (χ3v) is 3.73. The van der Waals surface area contributed by atoms with Crippen molar-refractivity contribution in [2.45, 2.75) is 32.6 Å². The van der Waals surface area contributed by atoms with Crippen LogP contribution >= 0.6 is 0 Å². The highest BCUT2D eigenvalue weighted by Crippen LogP contribution is 2.23. The Morgan fingerprint density at radius 1 is 1.45 bits per heavy atom. The summed E-state index contributed by atoms with van der Waals surface area (Å²) in [6.07, 6.45) is 4.45. The molecule has 0 radical (unpaired) electrons. The molecule has 1 saturated heterocycles. The molecule has 1 aromatic heterocycles. The van der Waals surface area contributed by atoms with E-state index in [-0.39, 0.29) is 0 Å². The van der Waals surface area contributed by atoms with Crippen LogP contribution in [0.4, 0.5) is 11.6 Å². The normalized spacial score (nSPS) is 19.1. The van der Waals surface area contributed by atoms with Crippen LogP contribution in [0, 0.1) is 5.92 Å². The van der Waals surface area contributed by atoms with Gasteiger partial charge in [0.05, 0.1) is 6.61 Å². The summed E-state index contributed by atoms with van der Waals surface area (Å²) >= 11 is 0. The number of hydrogen-bond donors (Lipinski definition) is 1. The van der Waals surface area contributed by atoms with Crippen molar-refractivity contribution in [3.8, 4) is 0 Å². The third-order valence-electron chi connectivity index (χ3n) is 3.73. The predicted molar refractivity (Wildman–Crippen MR) is 82.4 cm³/mol. The van der Waals surface area contributed by atoms with E-state index in [0.717, 1.165) is 50.0 Å². The van der Waals surface area contributed by atoms with Gasteiger partial charge in [-0.25, -0.2) is 9.97 Å². The molecule has 1 unspecified atom stereocenters. The summed E-state index contributed by atoms with van der Waals surface area (Å²) in [6, 6.07) is 2.05. The molecule has 1 aliphatic heterocycles. The lowest BCUT2D eigenvalue weighted by Crippen LogP contribution is -2.37. The highest BCUT2D eigenvalue weighted by Gasteiger charge is 2.21. The quantitative estimate of drug-likeness (QED) is 0.865. The van der Waals surface area contributed by atoms with E-state index in [9.17, 15) is 0 Å². The molecular formula is C15H26N4O. The molecule has 0 aromatic carbocycles. The first kappa shape index (κ1) is 15.0. The molecule has 5 heteroatoms. The molecule has 0 amide bonds. The van der Waals surface area contributed by atoms with Crippen molar-refractivity contribution in [1.29, 1.82) is 0 Å². The minimum atomic E-state index is 0.608. The first-order valence-electron chi connectivity index (χ1n) is 7.56. The average molecular weight is 278 g/mol. The molecule has 0 bridgehead atoms. The van der Waals surface area contributed by atoms with Crippen LogP contribution in [0.2, 0.25) is 0 Å². The number of aromatic nitrogens is 2. The maximum atomic E-state index is 5.30. The summed E-state index contributed by atoms with van der Waals surface area (Å²) in [6.45, 7) is 5.10. The molecule has 5 nitrogen and oxygen atoms in total. The smallest absolute Gasteiger partial charge is 0.134 e. The summed E-state index contributed by atoms with van der Waals surface area (Å²) in [5, 5.41) is 3.14. The van der Waals surface area contributed by atoms with E-state index in [0.29, 0.717) is 5.92 Å². The van der Waals surface area contributed by atoms with Gasteiger partial charge < -0.3 is 15.0 Å². The SMILES string of the molecule is CCCc1nc(NC)cc(N2CCCC(COC)C2)n1. The van der Waals surface area contributed by atoms with Crippen molar-refractivity contribution in [3.05, 3.63) is 11.9 Å². The Kier molecular flexibility index (Phi) is 5.59. The van der Waals surface area contributed by atoms with Gasteiger partial charge in [0, 0.05) is 39.7 Å². The van der Waals surface area contributed by atoms with Gasteiger partial charge in [-0.3, -0.25) is 0 Å². The second-order valence-corrected chi connectivity index (χ2v) is 5.44. The van der Waals surface area contributed by atoms with Crippen molar-refractivity contribution in [2.24, 2.45) is 5.92 Å². The Labute approximate surface area is 121 Å². The van der Waals surface area contributed by atoms with Gasteiger partial charge in [-0.2, -0.15) is 0 Å². The van der Waals surface area contributed by atoms with Gasteiger partial charge in [-0.05, 0) is 25.2 Å². The Balaban J connectivity index is 2.15. The molecule has 0 aliphatic carbocycles. The van der Waals surface area contributed by atoms with Gasteiger partial charge >= 0.3 is 0 Å². The second kappa shape index (κ2) is 7.43. The monoisotopic (exact) mass is 278 g/mol. The molecule has 0 saturated carbocycles. The number of rotatable bonds is 6. The Bertz CT molecular complexity index is 422. The fourth-order valence-electron chi connectivity index (χ4n) is 2.75. The van der Waals surface area contributed by atoms with Crippen LogP contribution in [-0.2, 0) is 11.2 Å². The van der Waals surface area contributed by atoms with Crippen LogP contribution < -0.4 is 10.2 Å². The molecule has 0 spiro atoms. The number of anilines is 2. The maximum Gasteiger partial charge on any atom is 0.134 e. The molecular weight excluding hydrogens is 252 g/mol. The third kappa shape index (κ3) is 3.82. The van der Waals surface area contributed by atoms with Crippen LogP contribution in [0.5, 0.6) is 0 Å². The summed E-state index contributed by atoms with van der Waals surface area (Å²) in [5.41, 5.74) is 0. The zero-order valence-electron chi connectivity index (χ0n) is 12.9. The predicted octanol–water partition coefficient (Wildman–Crippen LogP) is 2.33. The fraction of sp³-hybridized carbons (Fsp3) is 0.733. The van der Waals surface area contributed by atoms with Gasteiger partial charge in [0.1, 0.15) is 17.5 Å². The lowest BCUT2D eigenvalue weighted by molar-refractivity contribution is 0.143. The van der Waals surface area contributed by atoms with E-state index in [1.165, 1.54) is 12.8 Å². The largest absolute Gasteiger partial charge is 0.384 e. The molecule has 112 valence electrons. The van der Waals surface area contributed by atoms with E-state index in [2.05, 4.69) is 22.1 Å². The Morgan fingerprint density at radius 2 is 2.30 bits per heavy atom. The molecule has 1 aliphatic rings. The van der Waals surface area contributed by atoms with Crippen molar-refractivity contribution >= 4 is 11.6 Å². The Hall–Kier alpha value is -1.36. The van der Waals surface area contributed by atoms with Gasteiger partial charge in [0.15, 0.2) is 0 Å². The summed E-state index contributed by atoms with van der Waals surface area (Å²) < 4.78 is 5.30. The number of piperidine rings is 1. The molecule has 1 atom stereocenters. The highest BCUT2D eigenvalue weighted by molar-refractivity contribution is 5.49. The lowest BCUT2D eigenvalue weighted by Gasteiger charge is -2.33. The minimum absolute atomic E-state index is 0.608. The fourth-order valence-corrected chi connectivity index (χ4v) is 2.75.